The van der Waals surface area contributed by atoms with Crippen LogP contribution in [0.5, 0.6) is 0 Å². The summed E-state index contributed by atoms with van der Waals surface area (Å²) in [5.74, 6) is -0.817. The van der Waals surface area contributed by atoms with Gasteiger partial charge in [-0.25, -0.2) is 8.42 Å². The van der Waals surface area contributed by atoms with E-state index < -0.39 is 28.5 Å². The third-order valence-electron chi connectivity index (χ3n) is 5.35. The smallest absolute Gasteiger partial charge is 0.244 e. The number of halogens is 2. The second-order valence-corrected chi connectivity index (χ2v) is 10.8. The van der Waals surface area contributed by atoms with Crippen molar-refractivity contribution < 1.29 is 18.0 Å². The molecule has 186 valence electrons. The molecule has 0 aromatic heterocycles. The van der Waals surface area contributed by atoms with Crippen molar-refractivity contribution in [3.8, 4) is 0 Å². The summed E-state index contributed by atoms with van der Waals surface area (Å²) in [4.78, 5) is 27.9. The maximum Gasteiger partial charge on any atom is 0.244 e. The van der Waals surface area contributed by atoms with Crippen molar-refractivity contribution >= 4 is 50.7 Å². The Labute approximate surface area is 212 Å². The number of rotatable bonds is 11. The third-order valence-corrected chi connectivity index (χ3v) is 7.07. The minimum atomic E-state index is -3.78. The molecule has 1 unspecified atom stereocenters. The van der Waals surface area contributed by atoms with E-state index in [1.54, 1.807) is 56.3 Å². The van der Waals surface area contributed by atoms with Gasteiger partial charge in [-0.15, -0.1) is 0 Å². The van der Waals surface area contributed by atoms with Gasteiger partial charge in [0, 0.05) is 23.1 Å². The van der Waals surface area contributed by atoms with Crippen LogP contribution >= 0.6 is 23.2 Å². The lowest BCUT2D eigenvalue weighted by molar-refractivity contribution is -0.140. The fourth-order valence-electron chi connectivity index (χ4n) is 3.56. The Morgan fingerprint density at radius 2 is 1.76 bits per heavy atom. The van der Waals surface area contributed by atoms with Gasteiger partial charge in [0.2, 0.25) is 21.8 Å². The van der Waals surface area contributed by atoms with Gasteiger partial charge in [0.1, 0.15) is 12.6 Å². The van der Waals surface area contributed by atoms with Crippen LogP contribution in [0.25, 0.3) is 0 Å². The van der Waals surface area contributed by atoms with Gasteiger partial charge >= 0.3 is 0 Å². The molecule has 0 saturated heterocycles. The van der Waals surface area contributed by atoms with Crippen LogP contribution in [0, 0.1) is 6.92 Å². The molecule has 0 bridgehead atoms. The molecule has 1 atom stereocenters. The van der Waals surface area contributed by atoms with E-state index in [9.17, 15) is 18.0 Å². The van der Waals surface area contributed by atoms with Crippen molar-refractivity contribution in [2.75, 3.05) is 23.7 Å². The van der Waals surface area contributed by atoms with Crippen molar-refractivity contribution in [2.24, 2.45) is 0 Å². The van der Waals surface area contributed by atoms with Crippen molar-refractivity contribution in [3.63, 3.8) is 0 Å². The zero-order valence-corrected chi connectivity index (χ0v) is 22.2. The zero-order valence-electron chi connectivity index (χ0n) is 19.8. The Hall–Kier alpha value is -2.29. The highest BCUT2D eigenvalue weighted by atomic mass is 35.5. The number of nitrogens with one attached hydrogen (secondary N) is 1. The Morgan fingerprint density at radius 3 is 2.32 bits per heavy atom. The molecule has 2 aromatic carbocycles. The molecule has 2 rings (SSSR count). The van der Waals surface area contributed by atoms with E-state index in [0.717, 1.165) is 17.0 Å². The molecule has 0 aliphatic carbocycles. The Morgan fingerprint density at radius 1 is 1.09 bits per heavy atom. The number of hydrogen-bond donors (Lipinski definition) is 1. The van der Waals surface area contributed by atoms with E-state index >= 15 is 0 Å². The molecule has 0 fully saturated rings. The summed E-state index contributed by atoms with van der Waals surface area (Å²) in [7, 11) is -3.78. The van der Waals surface area contributed by atoms with Crippen LogP contribution in [0.2, 0.25) is 10.0 Å². The van der Waals surface area contributed by atoms with Crippen LogP contribution < -0.4 is 9.62 Å². The Bertz CT molecular complexity index is 1120. The van der Waals surface area contributed by atoms with E-state index in [0.29, 0.717) is 39.8 Å². The minimum Gasteiger partial charge on any atom is -0.354 e. The van der Waals surface area contributed by atoms with Crippen molar-refractivity contribution in [3.05, 3.63) is 63.6 Å². The van der Waals surface area contributed by atoms with Gasteiger partial charge < -0.3 is 10.2 Å². The van der Waals surface area contributed by atoms with Crippen LogP contribution in [0.3, 0.4) is 0 Å². The summed E-state index contributed by atoms with van der Waals surface area (Å²) in [6.07, 6.45) is 2.14. The predicted octanol–water partition coefficient (Wildman–Crippen LogP) is 4.40. The summed E-state index contributed by atoms with van der Waals surface area (Å²) >= 11 is 12.4. The minimum absolute atomic E-state index is 0.0261. The van der Waals surface area contributed by atoms with Crippen molar-refractivity contribution in [2.45, 2.75) is 46.2 Å². The van der Waals surface area contributed by atoms with E-state index in [1.807, 2.05) is 6.92 Å². The number of nitrogens with zero attached hydrogens (tertiary/aromatic N) is 2. The van der Waals surface area contributed by atoms with Crippen molar-refractivity contribution in [1.29, 1.82) is 0 Å². The number of para-hydroxylation sites is 1. The zero-order chi connectivity index (χ0) is 25.5. The number of amides is 2. The SMILES string of the molecule is CCCNC(=O)C(CC)N(Cc1ccc(Cl)cc1Cl)C(=O)CN(c1ccccc1C)S(C)(=O)=O. The molecule has 0 radical (unpaired) electrons. The lowest BCUT2D eigenvalue weighted by atomic mass is 10.1. The van der Waals surface area contributed by atoms with Crippen LogP contribution in [0.1, 0.15) is 37.8 Å². The maximum atomic E-state index is 13.6. The molecule has 0 heterocycles. The van der Waals surface area contributed by atoms with Crippen LogP contribution in [-0.2, 0) is 26.2 Å². The van der Waals surface area contributed by atoms with E-state index in [4.69, 9.17) is 23.2 Å². The average Bonchev–Trinajstić information content (AvgIpc) is 2.77. The van der Waals surface area contributed by atoms with Gasteiger partial charge in [-0.05, 0) is 49.1 Å². The largest absolute Gasteiger partial charge is 0.354 e. The topological polar surface area (TPSA) is 86.8 Å². The summed E-state index contributed by atoms with van der Waals surface area (Å²) in [5, 5.41) is 3.63. The van der Waals surface area contributed by atoms with Crippen LogP contribution in [0.15, 0.2) is 42.5 Å². The lowest BCUT2D eigenvalue weighted by Crippen LogP contribution is -2.52. The highest BCUT2D eigenvalue weighted by Crippen LogP contribution is 2.26. The standard InChI is InChI=1S/C24H31Cl2N3O4S/c1-5-13-27-24(31)21(6-2)28(15-18-11-12-19(25)14-20(18)26)23(30)16-29(34(4,32)33)22-10-8-7-9-17(22)3/h7-12,14,21H,5-6,13,15-16H2,1-4H3,(H,27,31). The van der Waals surface area contributed by atoms with E-state index in [2.05, 4.69) is 5.32 Å². The van der Waals surface area contributed by atoms with Crippen LogP contribution in [0.4, 0.5) is 5.69 Å². The molecular weight excluding hydrogens is 497 g/mol. The molecule has 1 N–H and O–H groups in total. The normalized spacial score (nSPS) is 12.2. The van der Waals surface area contributed by atoms with E-state index in [-0.39, 0.29) is 12.5 Å². The molecular formula is C24H31Cl2N3O4S. The first-order chi connectivity index (χ1) is 16.0. The quantitative estimate of drug-likeness (QED) is 0.469. The number of carbonyl (C=O) groups excluding carboxylic acids is 2. The summed E-state index contributed by atoms with van der Waals surface area (Å²) in [6, 6.07) is 11.0. The predicted molar refractivity (Wildman–Crippen MR) is 138 cm³/mol. The number of aryl methyl sites for hydroxylation is 1. The second kappa shape index (κ2) is 12.4. The highest BCUT2D eigenvalue weighted by molar-refractivity contribution is 7.92. The van der Waals surface area contributed by atoms with Gasteiger partial charge in [0.25, 0.3) is 0 Å². The average molecular weight is 529 g/mol. The molecule has 0 aliphatic heterocycles. The molecule has 10 heteroatoms. The molecule has 2 amide bonds. The highest BCUT2D eigenvalue weighted by Gasteiger charge is 2.32. The number of benzene rings is 2. The number of hydrogen-bond acceptors (Lipinski definition) is 4. The van der Waals surface area contributed by atoms with Crippen LogP contribution in [-0.4, -0.2) is 50.5 Å². The molecule has 7 nitrogen and oxygen atoms in total. The third kappa shape index (κ3) is 7.35. The molecule has 2 aromatic rings. The molecule has 0 saturated carbocycles. The van der Waals surface area contributed by atoms with Gasteiger partial charge in [0.05, 0.1) is 11.9 Å². The first-order valence-electron chi connectivity index (χ1n) is 11.0. The monoisotopic (exact) mass is 527 g/mol. The summed E-state index contributed by atoms with van der Waals surface area (Å²) < 4.78 is 26.4. The Balaban J connectivity index is 2.47. The molecule has 34 heavy (non-hydrogen) atoms. The molecule has 0 spiro atoms. The summed E-state index contributed by atoms with van der Waals surface area (Å²) in [6.45, 7) is 5.55. The lowest BCUT2D eigenvalue weighted by Gasteiger charge is -2.33. The fraction of sp³-hybridized carbons (Fsp3) is 0.417. The number of anilines is 1. The number of sulfonamides is 1. The first kappa shape index (κ1) is 28.0. The fourth-order valence-corrected chi connectivity index (χ4v) is 4.93. The van der Waals surface area contributed by atoms with Gasteiger partial charge in [-0.1, -0.05) is 61.3 Å². The second-order valence-electron chi connectivity index (χ2n) is 8.03. The Kier molecular flexibility index (Phi) is 10.2. The van der Waals surface area contributed by atoms with Gasteiger partial charge in [-0.2, -0.15) is 0 Å². The van der Waals surface area contributed by atoms with Gasteiger partial charge in [0.15, 0.2) is 0 Å². The van der Waals surface area contributed by atoms with Crippen molar-refractivity contribution in [1.82, 2.24) is 10.2 Å². The molecule has 0 aliphatic rings. The number of carbonyl (C=O) groups is 2. The first-order valence-corrected chi connectivity index (χ1v) is 13.6. The van der Waals surface area contributed by atoms with Gasteiger partial charge in [-0.3, -0.25) is 13.9 Å². The summed E-state index contributed by atoms with van der Waals surface area (Å²) in [5.41, 5.74) is 1.72. The van der Waals surface area contributed by atoms with E-state index in [1.165, 1.54) is 4.90 Å². The maximum absolute atomic E-state index is 13.6.